The summed E-state index contributed by atoms with van der Waals surface area (Å²) in [6.45, 7) is 5.84. The summed E-state index contributed by atoms with van der Waals surface area (Å²) in [5, 5.41) is 10.9. The Hall–Kier alpha value is -5.69. The Labute approximate surface area is 286 Å². The minimum Gasteiger partial charge on any atom is -0.507 e. The quantitative estimate of drug-likeness (QED) is 0.141. The van der Waals surface area contributed by atoms with Crippen molar-refractivity contribution >= 4 is 28.0 Å². The highest BCUT2D eigenvalue weighted by Gasteiger charge is 2.24. The first-order valence-corrected chi connectivity index (χ1v) is 16.9. The number of hydrogen-bond donors (Lipinski definition) is 1. The number of para-hydroxylation sites is 2. The van der Waals surface area contributed by atoms with Crippen molar-refractivity contribution < 1.29 is 14.6 Å². The number of phenols is 1. The van der Waals surface area contributed by atoms with Crippen molar-refractivity contribution in [3.8, 4) is 28.5 Å². The summed E-state index contributed by atoms with van der Waals surface area (Å²) in [6.07, 6.45) is 1.77. The maximum absolute atomic E-state index is 12.6. The van der Waals surface area contributed by atoms with Crippen LogP contribution in [0.25, 0.3) is 44.8 Å². The fourth-order valence-corrected chi connectivity index (χ4v) is 6.80. The molecule has 5 aromatic carbocycles. The second kappa shape index (κ2) is 13.8. The van der Waals surface area contributed by atoms with Crippen LogP contribution in [-0.2, 0) is 17.8 Å². The average Bonchev–Trinajstić information content (AvgIpc) is 3.69. The maximum Gasteiger partial charge on any atom is 0.337 e. The predicted octanol–water partition coefficient (Wildman–Crippen LogP) is 9.48. The molecule has 0 saturated heterocycles. The van der Waals surface area contributed by atoms with E-state index in [1.54, 1.807) is 6.07 Å². The van der Waals surface area contributed by atoms with Crippen LogP contribution in [-0.4, -0.2) is 37.3 Å². The van der Waals surface area contributed by atoms with Gasteiger partial charge in [-0.25, -0.2) is 14.8 Å². The molecule has 1 N–H and O–H groups in total. The molecule has 0 aliphatic heterocycles. The number of imidazole rings is 2. The molecule has 0 aliphatic rings. The van der Waals surface area contributed by atoms with Gasteiger partial charge in [0.1, 0.15) is 17.4 Å². The first kappa shape index (κ1) is 31.9. The van der Waals surface area contributed by atoms with Gasteiger partial charge >= 0.3 is 5.97 Å². The SMILES string of the molecule is COC(=O)c1ccc2c(c1)nc(-c1cccc3nc(-c4ccccc4O)n(CCC(C)C)c13)n2CCC(c1ccccc1)c1ccccc1. The molecule has 0 bridgehead atoms. The molecule has 0 aliphatic carbocycles. The zero-order chi connectivity index (χ0) is 33.9. The number of aromatic hydroxyl groups is 1. The Morgan fingerprint density at radius 1 is 0.694 bits per heavy atom. The van der Waals surface area contributed by atoms with Gasteiger partial charge in [0.25, 0.3) is 0 Å². The predicted molar refractivity (Wildman–Crippen MR) is 196 cm³/mol. The molecular weight excluding hydrogens is 608 g/mol. The standard InChI is InChI=1S/C42H40N4O3/c1-28(2)23-25-46-39-34(18-12-19-35(39)43-40(46)33-17-10-11-20-38(33)47)41-44-36-27-31(42(48)49-3)21-22-37(36)45(41)26-24-32(29-13-6-4-7-14-29)30-15-8-5-9-16-30/h4-22,27-28,32,47H,23-26H2,1-3H3. The molecular formula is C42H40N4O3. The van der Waals surface area contributed by atoms with Crippen LogP contribution in [0.1, 0.15) is 54.1 Å². The van der Waals surface area contributed by atoms with Crippen molar-refractivity contribution in [1.82, 2.24) is 19.1 Å². The molecule has 49 heavy (non-hydrogen) atoms. The number of ether oxygens (including phenoxy) is 1. The highest BCUT2D eigenvalue weighted by Crippen LogP contribution is 2.38. The second-order valence-corrected chi connectivity index (χ2v) is 12.9. The van der Waals surface area contributed by atoms with E-state index in [0.717, 1.165) is 58.7 Å². The number of benzene rings is 5. The van der Waals surface area contributed by atoms with Crippen LogP contribution < -0.4 is 0 Å². The number of aryl methyl sites for hydroxylation is 2. The third-order valence-corrected chi connectivity index (χ3v) is 9.30. The van der Waals surface area contributed by atoms with Gasteiger partial charge in [-0.1, -0.05) is 92.7 Å². The van der Waals surface area contributed by atoms with Gasteiger partial charge < -0.3 is 19.0 Å². The zero-order valence-corrected chi connectivity index (χ0v) is 28.1. The molecule has 0 unspecified atom stereocenters. The summed E-state index contributed by atoms with van der Waals surface area (Å²) in [5.41, 5.74) is 8.07. The van der Waals surface area contributed by atoms with E-state index in [2.05, 4.69) is 89.7 Å². The van der Waals surface area contributed by atoms with Gasteiger partial charge in [-0.2, -0.15) is 0 Å². The molecule has 0 spiro atoms. The molecule has 2 aromatic heterocycles. The third-order valence-electron chi connectivity index (χ3n) is 9.30. The Morgan fingerprint density at radius 3 is 1.98 bits per heavy atom. The number of fused-ring (bicyclic) bond motifs is 2. The first-order chi connectivity index (χ1) is 23.9. The highest BCUT2D eigenvalue weighted by molar-refractivity contribution is 5.97. The second-order valence-electron chi connectivity index (χ2n) is 12.9. The molecule has 0 saturated carbocycles. The number of carbonyl (C=O) groups excluding carboxylic acids is 1. The molecule has 0 atom stereocenters. The number of methoxy groups -OCH3 is 1. The molecule has 7 rings (SSSR count). The van der Waals surface area contributed by atoms with E-state index in [1.165, 1.54) is 18.2 Å². The van der Waals surface area contributed by atoms with E-state index < -0.39 is 5.97 Å². The number of carbonyl (C=O) groups is 1. The lowest BCUT2D eigenvalue weighted by molar-refractivity contribution is 0.0601. The van der Waals surface area contributed by atoms with Crippen LogP contribution in [0.15, 0.2) is 121 Å². The highest BCUT2D eigenvalue weighted by atomic mass is 16.5. The maximum atomic E-state index is 12.6. The third kappa shape index (κ3) is 6.32. The molecule has 0 radical (unpaired) electrons. The lowest BCUT2D eigenvalue weighted by atomic mass is 9.88. The monoisotopic (exact) mass is 648 g/mol. The van der Waals surface area contributed by atoms with Gasteiger partial charge in [0.2, 0.25) is 0 Å². The summed E-state index contributed by atoms with van der Waals surface area (Å²) >= 11 is 0. The fraction of sp³-hybridized carbons (Fsp3) is 0.214. The Morgan fingerprint density at radius 2 is 1.31 bits per heavy atom. The van der Waals surface area contributed by atoms with E-state index >= 15 is 0 Å². The van der Waals surface area contributed by atoms with Gasteiger partial charge in [-0.15, -0.1) is 0 Å². The first-order valence-electron chi connectivity index (χ1n) is 16.9. The van der Waals surface area contributed by atoms with Gasteiger partial charge in [-0.05, 0) is 72.4 Å². The topological polar surface area (TPSA) is 82.2 Å². The van der Waals surface area contributed by atoms with Gasteiger partial charge in [0, 0.05) is 24.6 Å². The van der Waals surface area contributed by atoms with Crippen molar-refractivity contribution in [2.75, 3.05) is 7.11 Å². The normalized spacial score (nSPS) is 11.6. The van der Waals surface area contributed by atoms with Crippen molar-refractivity contribution in [3.63, 3.8) is 0 Å². The molecule has 2 heterocycles. The van der Waals surface area contributed by atoms with Crippen LogP contribution in [0.5, 0.6) is 5.75 Å². The number of phenolic OH excluding ortho intramolecular Hbond substituents is 1. The number of hydrogen-bond acceptors (Lipinski definition) is 5. The summed E-state index contributed by atoms with van der Waals surface area (Å²) in [6, 6.07) is 40.4. The minimum absolute atomic E-state index is 0.169. The summed E-state index contributed by atoms with van der Waals surface area (Å²) < 4.78 is 9.57. The molecule has 7 aromatic rings. The zero-order valence-electron chi connectivity index (χ0n) is 28.1. The van der Waals surface area contributed by atoms with E-state index in [9.17, 15) is 9.90 Å². The fourth-order valence-electron chi connectivity index (χ4n) is 6.80. The van der Waals surface area contributed by atoms with E-state index in [1.807, 2.05) is 48.5 Å². The van der Waals surface area contributed by atoms with E-state index in [0.29, 0.717) is 23.6 Å². The van der Waals surface area contributed by atoms with Gasteiger partial charge in [0.15, 0.2) is 0 Å². The Balaban J connectivity index is 1.42. The lowest BCUT2D eigenvalue weighted by Crippen LogP contribution is -2.09. The summed E-state index contributed by atoms with van der Waals surface area (Å²) in [4.78, 5) is 22.9. The number of rotatable bonds is 11. The van der Waals surface area contributed by atoms with Crippen molar-refractivity contribution in [2.24, 2.45) is 5.92 Å². The summed E-state index contributed by atoms with van der Waals surface area (Å²) in [5.74, 6) is 1.97. The molecule has 0 fully saturated rings. The van der Waals surface area contributed by atoms with Crippen molar-refractivity contribution in [2.45, 2.75) is 45.7 Å². The van der Waals surface area contributed by atoms with Crippen LogP contribution in [0.4, 0.5) is 0 Å². The van der Waals surface area contributed by atoms with Crippen molar-refractivity contribution in [1.29, 1.82) is 0 Å². The number of esters is 1. The van der Waals surface area contributed by atoms with Gasteiger partial charge in [-0.3, -0.25) is 0 Å². The lowest BCUT2D eigenvalue weighted by Gasteiger charge is -2.20. The van der Waals surface area contributed by atoms with E-state index in [-0.39, 0.29) is 11.7 Å². The minimum atomic E-state index is -0.396. The van der Waals surface area contributed by atoms with E-state index in [4.69, 9.17) is 14.7 Å². The largest absolute Gasteiger partial charge is 0.507 e. The summed E-state index contributed by atoms with van der Waals surface area (Å²) in [7, 11) is 1.39. The molecule has 7 nitrogen and oxygen atoms in total. The molecule has 246 valence electrons. The smallest absolute Gasteiger partial charge is 0.337 e. The molecule has 0 amide bonds. The number of nitrogens with zero attached hydrogens (tertiary/aromatic N) is 4. The molecule has 7 heteroatoms. The number of aromatic nitrogens is 4. The Bertz CT molecular complexity index is 2200. The van der Waals surface area contributed by atoms with Gasteiger partial charge in [0.05, 0.1) is 40.3 Å². The van der Waals surface area contributed by atoms with Crippen LogP contribution in [0.2, 0.25) is 0 Å². The van der Waals surface area contributed by atoms with Crippen LogP contribution in [0.3, 0.4) is 0 Å². The Kier molecular flexibility index (Phi) is 8.99. The van der Waals surface area contributed by atoms with Crippen molar-refractivity contribution in [3.05, 3.63) is 138 Å². The van der Waals surface area contributed by atoms with Crippen LogP contribution >= 0.6 is 0 Å². The average molecular weight is 649 g/mol. The van der Waals surface area contributed by atoms with Crippen LogP contribution in [0, 0.1) is 5.92 Å².